The molecule has 1 aliphatic carbocycles. The maximum Gasteiger partial charge on any atom is 0.326 e. The van der Waals surface area contributed by atoms with Gasteiger partial charge in [-0.25, -0.2) is 13.2 Å². The summed E-state index contributed by atoms with van der Waals surface area (Å²) in [6, 6.07) is -0.952. The van der Waals surface area contributed by atoms with E-state index >= 15 is 0 Å². The molecule has 0 aromatic rings. The zero-order valence-electron chi connectivity index (χ0n) is 12.7. The molecule has 1 fully saturated rings. The summed E-state index contributed by atoms with van der Waals surface area (Å²) in [5.74, 6) is -1.66. The highest BCUT2D eigenvalue weighted by atomic mass is 32.2. The summed E-state index contributed by atoms with van der Waals surface area (Å²) in [5.41, 5.74) is 0. The molecule has 0 heterocycles. The lowest BCUT2D eigenvalue weighted by Gasteiger charge is -2.17. The van der Waals surface area contributed by atoms with Crippen LogP contribution >= 0.6 is 0 Å². The predicted molar refractivity (Wildman–Crippen MR) is 79.7 cm³/mol. The van der Waals surface area contributed by atoms with E-state index < -0.39 is 27.8 Å². The number of hydrogen-bond donors (Lipinski definition) is 2. The molecule has 0 radical (unpaired) electrons. The van der Waals surface area contributed by atoms with Gasteiger partial charge in [-0.05, 0) is 25.2 Å². The number of rotatable bonds is 8. The Bertz CT molecular complexity index is 466. The van der Waals surface area contributed by atoms with Gasteiger partial charge in [0, 0.05) is 6.42 Å². The SMILES string of the molecule is CC(C)CC(NC(=O)CCS(=O)(=O)C1CCCC1)C(=O)O. The van der Waals surface area contributed by atoms with E-state index in [0.717, 1.165) is 12.8 Å². The van der Waals surface area contributed by atoms with Crippen molar-refractivity contribution in [1.82, 2.24) is 5.32 Å². The molecule has 0 spiro atoms. The van der Waals surface area contributed by atoms with Gasteiger partial charge in [-0.2, -0.15) is 0 Å². The van der Waals surface area contributed by atoms with E-state index in [4.69, 9.17) is 5.11 Å². The lowest BCUT2D eigenvalue weighted by atomic mass is 10.0. The van der Waals surface area contributed by atoms with Crippen molar-refractivity contribution < 1.29 is 23.1 Å². The average Bonchev–Trinajstić information content (AvgIpc) is 2.89. The molecule has 1 amide bonds. The zero-order valence-corrected chi connectivity index (χ0v) is 13.5. The monoisotopic (exact) mass is 319 g/mol. The summed E-state index contributed by atoms with van der Waals surface area (Å²) in [6.07, 6.45) is 3.36. The van der Waals surface area contributed by atoms with Crippen LogP contribution in [0.3, 0.4) is 0 Å². The van der Waals surface area contributed by atoms with E-state index in [9.17, 15) is 18.0 Å². The van der Waals surface area contributed by atoms with Gasteiger partial charge in [-0.1, -0.05) is 26.7 Å². The van der Waals surface area contributed by atoms with Crippen LogP contribution in [0, 0.1) is 5.92 Å². The van der Waals surface area contributed by atoms with Crippen LogP contribution in [0.4, 0.5) is 0 Å². The number of sulfone groups is 1. The quantitative estimate of drug-likeness (QED) is 0.703. The Morgan fingerprint density at radius 2 is 1.81 bits per heavy atom. The predicted octanol–water partition coefficient (Wildman–Crippen LogP) is 1.35. The third kappa shape index (κ3) is 6.03. The zero-order chi connectivity index (χ0) is 16.0. The van der Waals surface area contributed by atoms with Crippen molar-refractivity contribution in [3.05, 3.63) is 0 Å². The van der Waals surface area contributed by atoms with Crippen molar-refractivity contribution in [3.63, 3.8) is 0 Å². The number of amides is 1. The van der Waals surface area contributed by atoms with E-state index in [0.29, 0.717) is 19.3 Å². The Labute approximate surface area is 126 Å². The van der Waals surface area contributed by atoms with Crippen molar-refractivity contribution in [3.8, 4) is 0 Å². The molecule has 122 valence electrons. The molecule has 1 unspecified atom stereocenters. The molecule has 0 aromatic carbocycles. The van der Waals surface area contributed by atoms with Crippen LogP contribution in [0.15, 0.2) is 0 Å². The third-order valence-corrected chi connectivity index (χ3v) is 6.02. The van der Waals surface area contributed by atoms with Crippen LogP contribution in [0.2, 0.25) is 0 Å². The van der Waals surface area contributed by atoms with Crippen molar-refractivity contribution in [2.24, 2.45) is 5.92 Å². The first-order valence-electron chi connectivity index (χ1n) is 7.46. The van der Waals surface area contributed by atoms with Crippen LogP contribution in [0.25, 0.3) is 0 Å². The van der Waals surface area contributed by atoms with Crippen molar-refractivity contribution in [2.75, 3.05) is 5.75 Å². The lowest BCUT2D eigenvalue weighted by molar-refractivity contribution is -0.142. The molecule has 1 saturated carbocycles. The summed E-state index contributed by atoms with van der Waals surface area (Å²) in [5, 5.41) is 11.1. The molecule has 1 aliphatic rings. The van der Waals surface area contributed by atoms with E-state index in [2.05, 4.69) is 5.32 Å². The van der Waals surface area contributed by atoms with E-state index in [1.54, 1.807) is 0 Å². The van der Waals surface area contributed by atoms with Crippen LogP contribution < -0.4 is 5.32 Å². The lowest BCUT2D eigenvalue weighted by Crippen LogP contribution is -2.42. The number of carboxylic acid groups (broad SMARTS) is 1. The van der Waals surface area contributed by atoms with Gasteiger partial charge in [0.05, 0.1) is 11.0 Å². The first kappa shape index (κ1) is 17.9. The molecule has 0 aromatic heterocycles. The second-order valence-electron chi connectivity index (χ2n) is 6.11. The minimum absolute atomic E-state index is 0.133. The topological polar surface area (TPSA) is 101 Å². The minimum atomic E-state index is -3.24. The number of carbonyl (C=O) groups excluding carboxylic acids is 1. The molecular formula is C14H25NO5S. The van der Waals surface area contributed by atoms with Gasteiger partial charge in [-0.15, -0.1) is 0 Å². The number of nitrogens with one attached hydrogen (secondary N) is 1. The summed E-state index contributed by atoms with van der Waals surface area (Å²) >= 11 is 0. The standard InChI is InChI=1S/C14H25NO5S/c1-10(2)9-12(14(17)18)15-13(16)7-8-21(19,20)11-5-3-4-6-11/h10-12H,3-9H2,1-2H3,(H,15,16)(H,17,18). The van der Waals surface area contributed by atoms with Crippen molar-refractivity contribution in [2.45, 2.75) is 63.7 Å². The number of carbonyl (C=O) groups is 2. The Balaban J connectivity index is 2.47. The minimum Gasteiger partial charge on any atom is -0.480 e. The van der Waals surface area contributed by atoms with Gasteiger partial charge in [0.1, 0.15) is 6.04 Å². The fourth-order valence-electron chi connectivity index (χ4n) is 2.61. The van der Waals surface area contributed by atoms with Crippen molar-refractivity contribution in [1.29, 1.82) is 0 Å². The van der Waals surface area contributed by atoms with Gasteiger partial charge in [0.2, 0.25) is 5.91 Å². The number of hydrogen-bond acceptors (Lipinski definition) is 4. The number of carboxylic acids is 1. The smallest absolute Gasteiger partial charge is 0.326 e. The maximum atomic E-state index is 12.0. The van der Waals surface area contributed by atoms with Crippen LogP contribution in [-0.4, -0.2) is 42.4 Å². The molecule has 21 heavy (non-hydrogen) atoms. The van der Waals surface area contributed by atoms with Crippen LogP contribution in [0.5, 0.6) is 0 Å². The molecule has 2 N–H and O–H groups in total. The normalized spacial score (nSPS) is 17.9. The highest BCUT2D eigenvalue weighted by Gasteiger charge is 2.29. The molecule has 6 nitrogen and oxygen atoms in total. The van der Waals surface area contributed by atoms with Gasteiger partial charge in [0.25, 0.3) is 0 Å². The third-order valence-electron chi connectivity index (χ3n) is 3.76. The summed E-state index contributed by atoms with van der Waals surface area (Å²) in [4.78, 5) is 22.8. The molecular weight excluding hydrogens is 294 g/mol. The summed E-state index contributed by atoms with van der Waals surface area (Å²) < 4.78 is 24.1. The Hall–Kier alpha value is -1.11. The summed E-state index contributed by atoms with van der Waals surface area (Å²) in [6.45, 7) is 3.74. The van der Waals surface area contributed by atoms with Gasteiger partial charge >= 0.3 is 5.97 Å². The van der Waals surface area contributed by atoms with Gasteiger partial charge in [-0.3, -0.25) is 4.79 Å². The van der Waals surface area contributed by atoms with Gasteiger partial charge in [0.15, 0.2) is 9.84 Å². The van der Waals surface area contributed by atoms with Gasteiger partial charge < -0.3 is 10.4 Å². The van der Waals surface area contributed by atoms with E-state index in [1.165, 1.54) is 0 Å². The Morgan fingerprint density at radius 1 is 1.24 bits per heavy atom. The fourth-order valence-corrected chi connectivity index (χ4v) is 4.46. The van der Waals surface area contributed by atoms with Crippen LogP contribution in [-0.2, 0) is 19.4 Å². The van der Waals surface area contributed by atoms with Crippen LogP contribution in [0.1, 0.15) is 52.4 Å². The second kappa shape index (κ2) is 7.77. The summed E-state index contributed by atoms with van der Waals surface area (Å²) in [7, 11) is -3.24. The molecule has 1 atom stereocenters. The first-order valence-corrected chi connectivity index (χ1v) is 9.17. The highest BCUT2D eigenvalue weighted by Crippen LogP contribution is 2.25. The van der Waals surface area contributed by atoms with E-state index in [1.807, 2.05) is 13.8 Å². The Kier molecular flexibility index (Phi) is 6.64. The second-order valence-corrected chi connectivity index (χ2v) is 8.51. The first-order chi connectivity index (χ1) is 9.72. The number of aliphatic carboxylic acids is 1. The molecule has 0 saturated heterocycles. The highest BCUT2D eigenvalue weighted by molar-refractivity contribution is 7.92. The fraction of sp³-hybridized carbons (Fsp3) is 0.857. The molecule has 0 bridgehead atoms. The molecule has 0 aliphatic heterocycles. The average molecular weight is 319 g/mol. The molecule has 7 heteroatoms. The molecule has 1 rings (SSSR count). The van der Waals surface area contributed by atoms with Crippen molar-refractivity contribution >= 4 is 21.7 Å². The van der Waals surface area contributed by atoms with E-state index in [-0.39, 0.29) is 23.3 Å². The largest absolute Gasteiger partial charge is 0.480 e. The maximum absolute atomic E-state index is 12.0. The Morgan fingerprint density at radius 3 is 2.29 bits per heavy atom.